The Morgan fingerprint density at radius 3 is 1.56 bits per heavy atom. The largest absolute Gasteiger partial charge is 0.342 e. The van der Waals surface area contributed by atoms with Crippen LogP contribution in [0.4, 0.5) is 0 Å². The molecule has 0 saturated carbocycles. The van der Waals surface area contributed by atoms with Crippen LogP contribution in [-0.4, -0.2) is 17.5 Å². The van der Waals surface area contributed by atoms with Crippen molar-refractivity contribution in [3.05, 3.63) is 0 Å². The molecule has 1 rings (SSSR count). The Kier molecular flexibility index (Phi) is 3.74. The van der Waals surface area contributed by atoms with Gasteiger partial charge in [0.05, 0.1) is 11.7 Å². The third-order valence-corrected chi connectivity index (χ3v) is 3.93. The molecule has 0 aromatic carbocycles. The molecule has 2 heteroatoms. The molecule has 0 radical (unpaired) electrons. The van der Waals surface area contributed by atoms with E-state index in [-0.39, 0.29) is 22.5 Å². The lowest BCUT2D eigenvalue weighted by molar-refractivity contribution is -0.273. The van der Waals surface area contributed by atoms with E-state index in [1.807, 2.05) is 0 Å². The molecule has 18 heavy (non-hydrogen) atoms. The van der Waals surface area contributed by atoms with Crippen molar-refractivity contribution in [3.63, 3.8) is 0 Å². The monoisotopic (exact) mass is 256 g/mol. The first kappa shape index (κ1) is 16.0. The molecule has 0 amide bonds. The quantitative estimate of drug-likeness (QED) is 0.681. The summed E-state index contributed by atoms with van der Waals surface area (Å²) in [5.41, 5.74) is -0.223. The lowest BCUT2D eigenvalue weighted by Crippen LogP contribution is -2.50. The highest BCUT2D eigenvalue weighted by atomic mass is 16.8. The van der Waals surface area contributed by atoms with Crippen molar-refractivity contribution in [3.8, 4) is 0 Å². The molecule has 1 heterocycles. The molecule has 1 saturated heterocycles. The highest BCUT2D eigenvalue weighted by Gasteiger charge is 2.61. The molecule has 2 atom stereocenters. The van der Waals surface area contributed by atoms with Gasteiger partial charge in [0.25, 0.3) is 0 Å². The van der Waals surface area contributed by atoms with Crippen LogP contribution in [0.3, 0.4) is 0 Å². The average Bonchev–Trinajstić information content (AvgIpc) is 2.36. The van der Waals surface area contributed by atoms with Crippen molar-refractivity contribution in [2.75, 3.05) is 0 Å². The summed E-state index contributed by atoms with van der Waals surface area (Å²) in [4.78, 5) is 0. The SMILES string of the molecule is CC(C)C1(C(C)(C)C)OC(C(C)(C)C)C(C)(C)O1. The summed E-state index contributed by atoms with van der Waals surface area (Å²) in [6.07, 6.45) is 0.103. The summed E-state index contributed by atoms with van der Waals surface area (Å²) in [5.74, 6) is -0.182. The van der Waals surface area contributed by atoms with E-state index in [9.17, 15) is 0 Å². The molecule has 2 nitrogen and oxygen atoms in total. The van der Waals surface area contributed by atoms with Crippen LogP contribution < -0.4 is 0 Å². The molecule has 1 aliphatic heterocycles. The van der Waals surface area contributed by atoms with Crippen LogP contribution in [0.1, 0.15) is 69.2 Å². The topological polar surface area (TPSA) is 18.5 Å². The van der Waals surface area contributed by atoms with Crippen molar-refractivity contribution >= 4 is 0 Å². The summed E-state index contributed by atoms with van der Waals surface area (Å²) in [6, 6.07) is 0. The predicted molar refractivity (Wildman–Crippen MR) is 76.5 cm³/mol. The fourth-order valence-electron chi connectivity index (χ4n) is 3.45. The third kappa shape index (κ3) is 2.46. The lowest BCUT2D eigenvalue weighted by Gasteiger charge is -2.44. The van der Waals surface area contributed by atoms with Gasteiger partial charge in [0.15, 0.2) is 5.79 Å². The first-order chi connectivity index (χ1) is 7.74. The number of ether oxygens (including phenoxy) is 2. The summed E-state index contributed by atoms with van der Waals surface area (Å²) in [7, 11) is 0. The van der Waals surface area contributed by atoms with E-state index in [1.54, 1.807) is 0 Å². The van der Waals surface area contributed by atoms with E-state index < -0.39 is 5.79 Å². The molecule has 0 spiro atoms. The van der Waals surface area contributed by atoms with Gasteiger partial charge in [0.2, 0.25) is 0 Å². The first-order valence-corrected chi connectivity index (χ1v) is 7.12. The van der Waals surface area contributed by atoms with Crippen molar-refractivity contribution < 1.29 is 9.47 Å². The van der Waals surface area contributed by atoms with Gasteiger partial charge in [-0.05, 0) is 19.3 Å². The summed E-state index contributed by atoms with van der Waals surface area (Å²) in [6.45, 7) is 22.0. The van der Waals surface area contributed by atoms with Gasteiger partial charge in [-0.2, -0.15) is 0 Å². The van der Waals surface area contributed by atoms with Crippen molar-refractivity contribution in [1.29, 1.82) is 0 Å². The predicted octanol–water partition coefficient (Wildman–Crippen LogP) is 4.62. The maximum Gasteiger partial charge on any atom is 0.176 e. The van der Waals surface area contributed by atoms with Crippen LogP contribution in [-0.2, 0) is 9.47 Å². The fourth-order valence-corrected chi connectivity index (χ4v) is 3.45. The highest BCUT2D eigenvalue weighted by Crippen LogP contribution is 2.53. The number of hydrogen-bond acceptors (Lipinski definition) is 2. The second-order valence-corrected chi connectivity index (χ2v) is 8.64. The second kappa shape index (κ2) is 4.21. The molecular weight excluding hydrogens is 224 g/mol. The van der Waals surface area contributed by atoms with Crippen LogP contribution in [0, 0.1) is 16.7 Å². The molecule has 0 N–H and O–H groups in total. The first-order valence-electron chi connectivity index (χ1n) is 7.12. The van der Waals surface area contributed by atoms with Gasteiger partial charge in [-0.1, -0.05) is 55.4 Å². The maximum absolute atomic E-state index is 6.53. The fraction of sp³-hybridized carbons (Fsp3) is 1.00. The van der Waals surface area contributed by atoms with Crippen molar-refractivity contribution in [2.45, 2.75) is 86.7 Å². The molecule has 1 fully saturated rings. The molecule has 0 aromatic heterocycles. The molecular formula is C16H32O2. The molecule has 0 aromatic rings. The number of hydrogen-bond donors (Lipinski definition) is 0. The number of rotatable bonds is 1. The van der Waals surface area contributed by atoms with Crippen molar-refractivity contribution in [2.24, 2.45) is 16.7 Å². The molecule has 2 unspecified atom stereocenters. The molecule has 0 bridgehead atoms. The Balaban J connectivity index is 3.23. The Bertz CT molecular complexity index is 304. The summed E-state index contributed by atoms with van der Waals surface area (Å²) >= 11 is 0. The third-order valence-electron chi connectivity index (χ3n) is 3.93. The van der Waals surface area contributed by atoms with E-state index in [0.717, 1.165) is 0 Å². The maximum atomic E-state index is 6.53. The molecule has 1 aliphatic rings. The smallest absolute Gasteiger partial charge is 0.176 e. The van der Waals surface area contributed by atoms with Gasteiger partial charge in [-0.15, -0.1) is 0 Å². The van der Waals surface area contributed by atoms with Gasteiger partial charge >= 0.3 is 0 Å². The van der Waals surface area contributed by atoms with Crippen LogP contribution in [0.5, 0.6) is 0 Å². The summed E-state index contributed by atoms with van der Waals surface area (Å²) in [5, 5.41) is 0. The second-order valence-electron chi connectivity index (χ2n) is 8.64. The van der Waals surface area contributed by atoms with Gasteiger partial charge in [-0.25, -0.2) is 0 Å². The van der Waals surface area contributed by atoms with E-state index in [1.165, 1.54) is 0 Å². The van der Waals surface area contributed by atoms with E-state index >= 15 is 0 Å². The average molecular weight is 256 g/mol. The zero-order valence-corrected chi connectivity index (χ0v) is 14.0. The molecule has 0 aliphatic carbocycles. The minimum absolute atomic E-state index is 0.0432. The minimum atomic E-state index is -0.506. The summed E-state index contributed by atoms with van der Waals surface area (Å²) < 4.78 is 13.0. The standard InChI is InChI=1S/C16H32O2/c1-11(2)16(14(6,7)8)17-12(13(3,4)5)15(9,10)18-16/h11-12H,1-10H3. The van der Waals surface area contributed by atoms with Gasteiger partial charge < -0.3 is 9.47 Å². The van der Waals surface area contributed by atoms with Gasteiger partial charge in [-0.3, -0.25) is 0 Å². The van der Waals surface area contributed by atoms with Crippen LogP contribution >= 0.6 is 0 Å². The zero-order chi connectivity index (χ0) is 14.6. The van der Waals surface area contributed by atoms with Gasteiger partial charge in [0, 0.05) is 11.3 Å². The van der Waals surface area contributed by atoms with Crippen molar-refractivity contribution in [1.82, 2.24) is 0 Å². The Morgan fingerprint density at radius 1 is 0.944 bits per heavy atom. The van der Waals surface area contributed by atoms with E-state index in [0.29, 0.717) is 5.92 Å². The Labute approximate surface area is 113 Å². The van der Waals surface area contributed by atoms with E-state index in [4.69, 9.17) is 9.47 Å². The highest BCUT2D eigenvalue weighted by molar-refractivity contribution is 5.02. The van der Waals surface area contributed by atoms with Gasteiger partial charge in [0.1, 0.15) is 0 Å². The Morgan fingerprint density at radius 2 is 1.39 bits per heavy atom. The lowest BCUT2D eigenvalue weighted by atomic mass is 9.78. The normalized spacial score (nSPS) is 33.2. The van der Waals surface area contributed by atoms with Crippen LogP contribution in [0.2, 0.25) is 0 Å². The van der Waals surface area contributed by atoms with Crippen LogP contribution in [0.15, 0.2) is 0 Å². The minimum Gasteiger partial charge on any atom is -0.342 e. The zero-order valence-electron chi connectivity index (χ0n) is 14.0. The molecule has 108 valence electrons. The Hall–Kier alpha value is -0.0800. The van der Waals surface area contributed by atoms with E-state index in [2.05, 4.69) is 69.2 Å². The van der Waals surface area contributed by atoms with Crippen LogP contribution in [0.25, 0.3) is 0 Å².